The first-order valence-electron chi connectivity index (χ1n) is 6.73. The molecule has 3 rings (SSSR count). The van der Waals surface area contributed by atoms with Crippen LogP contribution in [-0.4, -0.2) is 25.0 Å². The van der Waals surface area contributed by atoms with Crippen LogP contribution in [0.3, 0.4) is 0 Å². The lowest BCUT2D eigenvalue weighted by Crippen LogP contribution is -2.17. The molecule has 2 aliphatic rings. The van der Waals surface area contributed by atoms with Crippen LogP contribution < -0.4 is 5.32 Å². The number of halogens is 1. The lowest BCUT2D eigenvalue weighted by molar-refractivity contribution is -0.140. The Hall–Kier alpha value is -2.37. The normalized spacial score (nSPS) is 17.7. The fraction of sp³-hybridized carbons (Fsp3) is 0.333. The van der Waals surface area contributed by atoms with E-state index in [-0.39, 0.29) is 23.9 Å². The van der Waals surface area contributed by atoms with Gasteiger partial charge in [-0.05, 0) is 43.0 Å². The van der Waals surface area contributed by atoms with E-state index in [0.717, 1.165) is 12.8 Å². The Morgan fingerprint density at radius 2 is 2.05 bits per heavy atom. The van der Waals surface area contributed by atoms with Gasteiger partial charge in [-0.3, -0.25) is 4.79 Å². The van der Waals surface area contributed by atoms with Gasteiger partial charge in [-0.2, -0.15) is 0 Å². The minimum atomic E-state index is -0.672. The van der Waals surface area contributed by atoms with Crippen molar-refractivity contribution in [2.24, 2.45) is 5.92 Å². The minimum Gasteiger partial charge on any atom is -0.470 e. The largest absolute Gasteiger partial charge is 0.470 e. The molecule has 1 aliphatic carbocycles. The Kier molecular flexibility index (Phi) is 3.60. The molecule has 1 saturated carbocycles. The molecule has 0 bridgehead atoms. The molecule has 6 heteroatoms. The third-order valence-corrected chi connectivity index (χ3v) is 3.31. The van der Waals surface area contributed by atoms with Gasteiger partial charge in [0.05, 0.1) is 6.61 Å². The molecule has 1 fully saturated rings. The van der Waals surface area contributed by atoms with Crippen molar-refractivity contribution in [2.45, 2.75) is 12.8 Å². The molecule has 0 spiro atoms. The summed E-state index contributed by atoms with van der Waals surface area (Å²) in [6.45, 7) is 0.136. The molecule has 0 amide bonds. The summed E-state index contributed by atoms with van der Waals surface area (Å²) in [5.74, 6) is -0.982. The summed E-state index contributed by atoms with van der Waals surface area (Å²) in [5, 5.41) is 2.80. The molecule has 1 aromatic carbocycles. The number of anilines is 1. The highest BCUT2D eigenvalue weighted by Gasteiger charge is 2.33. The highest BCUT2D eigenvalue weighted by Crippen LogP contribution is 2.29. The van der Waals surface area contributed by atoms with E-state index in [1.807, 2.05) is 0 Å². The Balaban J connectivity index is 1.73. The van der Waals surface area contributed by atoms with Crippen LogP contribution in [0.1, 0.15) is 12.8 Å². The average Bonchev–Trinajstić information content (AvgIpc) is 3.23. The lowest BCUT2D eigenvalue weighted by atomic mass is 10.2. The Bertz CT molecular complexity index is 605. The molecule has 0 radical (unpaired) electrons. The minimum absolute atomic E-state index is 0.0624. The van der Waals surface area contributed by atoms with Crippen LogP contribution in [0.5, 0.6) is 0 Å². The number of ether oxygens (including phenoxy) is 2. The van der Waals surface area contributed by atoms with Crippen LogP contribution in [0.4, 0.5) is 10.1 Å². The molecule has 0 aromatic heterocycles. The summed E-state index contributed by atoms with van der Waals surface area (Å²) in [4.78, 5) is 23.7. The van der Waals surface area contributed by atoms with E-state index < -0.39 is 11.8 Å². The number of carbonyl (C=O) groups is 2. The van der Waals surface area contributed by atoms with Crippen LogP contribution in [0, 0.1) is 11.7 Å². The van der Waals surface area contributed by atoms with Gasteiger partial charge < -0.3 is 14.8 Å². The third-order valence-electron chi connectivity index (χ3n) is 3.31. The van der Waals surface area contributed by atoms with Crippen LogP contribution in [0.15, 0.2) is 35.7 Å². The number of ketones is 1. The van der Waals surface area contributed by atoms with Gasteiger partial charge in [0.2, 0.25) is 11.7 Å². The van der Waals surface area contributed by atoms with Crippen molar-refractivity contribution in [1.29, 1.82) is 0 Å². The van der Waals surface area contributed by atoms with Crippen molar-refractivity contribution in [3.63, 3.8) is 0 Å². The van der Waals surface area contributed by atoms with Crippen LogP contribution in [0.25, 0.3) is 0 Å². The zero-order chi connectivity index (χ0) is 14.8. The molecule has 0 saturated heterocycles. The second-order valence-electron chi connectivity index (χ2n) is 5.09. The Labute approximate surface area is 120 Å². The molecule has 1 aliphatic heterocycles. The van der Waals surface area contributed by atoms with Gasteiger partial charge in [-0.1, -0.05) is 0 Å². The van der Waals surface area contributed by atoms with Gasteiger partial charge in [0.25, 0.3) is 0 Å². The summed E-state index contributed by atoms with van der Waals surface area (Å²) < 4.78 is 23.1. The molecule has 1 heterocycles. The number of Topliss-reactive ketones (excluding diaryl/α,β-unsaturated/α-hetero) is 1. The monoisotopic (exact) mass is 291 g/mol. The summed E-state index contributed by atoms with van der Waals surface area (Å²) in [7, 11) is 0. The fourth-order valence-electron chi connectivity index (χ4n) is 1.93. The maximum atomic E-state index is 12.8. The summed E-state index contributed by atoms with van der Waals surface area (Å²) in [6.07, 6.45) is 2.11. The van der Waals surface area contributed by atoms with Crippen LogP contribution in [-0.2, 0) is 19.1 Å². The number of carbonyl (C=O) groups excluding carboxylic acids is 2. The van der Waals surface area contributed by atoms with Gasteiger partial charge in [0.15, 0.2) is 12.2 Å². The molecule has 21 heavy (non-hydrogen) atoms. The molecule has 110 valence electrons. The lowest BCUT2D eigenvalue weighted by Gasteiger charge is -2.08. The first-order chi connectivity index (χ1) is 10.1. The zero-order valence-electron chi connectivity index (χ0n) is 11.2. The molecule has 0 unspecified atom stereocenters. The maximum absolute atomic E-state index is 12.8. The van der Waals surface area contributed by atoms with Crippen molar-refractivity contribution < 1.29 is 23.5 Å². The zero-order valence-corrected chi connectivity index (χ0v) is 11.2. The van der Waals surface area contributed by atoms with Gasteiger partial charge in [0, 0.05) is 5.69 Å². The van der Waals surface area contributed by atoms with Crippen molar-refractivity contribution in [3.8, 4) is 0 Å². The number of rotatable bonds is 5. The molecule has 0 atom stereocenters. The summed E-state index contributed by atoms with van der Waals surface area (Å²) in [5.41, 5.74) is 0.411. The second-order valence-corrected chi connectivity index (χ2v) is 5.09. The number of benzene rings is 1. The van der Waals surface area contributed by atoms with E-state index in [1.165, 1.54) is 24.3 Å². The van der Waals surface area contributed by atoms with Crippen molar-refractivity contribution in [2.75, 3.05) is 18.5 Å². The number of esters is 1. The summed E-state index contributed by atoms with van der Waals surface area (Å²) in [6, 6.07) is 5.51. The van der Waals surface area contributed by atoms with E-state index in [4.69, 9.17) is 9.47 Å². The Morgan fingerprint density at radius 3 is 2.71 bits per heavy atom. The van der Waals surface area contributed by atoms with E-state index >= 15 is 0 Å². The van der Waals surface area contributed by atoms with Crippen molar-refractivity contribution >= 4 is 17.4 Å². The second kappa shape index (κ2) is 5.55. The smallest absolute Gasteiger partial charge is 0.347 e. The Morgan fingerprint density at radius 1 is 1.33 bits per heavy atom. The van der Waals surface area contributed by atoms with E-state index in [0.29, 0.717) is 18.2 Å². The van der Waals surface area contributed by atoms with E-state index in [2.05, 4.69) is 5.32 Å². The van der Waals surface area contributed by atoms with Crippen LogP contribution >= 0.6 is 0 Å². The van der Waals surface area contributed by atoms with Gasteiger partial charge in [-0.15, -0.1) is 0 Å². The maximum Gasteiger partial charge on any atom is 0.347 e. The first-order valence-corrected chi connectivity index (χ1v) is 6.73. The average molecular weight is 291 g/mol. The SMILES string of the molecule is O=C1COC(Nc2ccc(F)cc2)=C1C(=O)OCC1CC1. The van der Waals surface area contributed by atoms with E-state index in [9.17, 15) is 14.0 Å². The highest BCUT2D eigenvalue weighted by atomic mass is 19.1. The van der Waals surface area contributed by atoms with Gasteiger partial charge in [-0.25, -0.2) is 9.18 Å². The molecular weight excluding hydrogens is 277 g/mol. The predicted molar refractivity (Wildman–Crippen MR) is 71.7 cm³/mol. The van der Waals surface area contributed by atoms with Crippen LogP contribution in [0.2, 0.25) is 0 Å². The number of hydrogen-bond donors (Lipinski definition) is 1. The first kappa shape index (κ1) is 13.6. The number of hydrogen-bond acceptors (Lipinski definition) is 5. The third kappa shape index (κ3) is 3.21. The van der Waals surface area contributed by atoms with Gasteiger partial charge in [0.1, 0.15) is 5.82 Å². The quantitative estimate of drug-likeness (QED) is 0.664. The molecule has 1 N–H and O–H groups in total. The topological polar surface area (TPSA) is 64.6 Å². The predicted octanol–water partition coefficient (Wildman–Crippen LogP) is 2.00. The molecule has 1 aromatic rings. The number of nitrogens with one attached hydrogen (secondary N) is 1. The van der Waals surface area contributed by atoms with Crippen molar-refractivity contribution in [1.82, 2.24) is 0 Å². The highest BCUT2D eigenvalue weighted by molar-refractivity contribution is 6.19. The standard InChI is InChI=1S/C15H14FNO4/c16-10-3-5-11(6-4-10)17-14-13(12(18)8-20-14)15(19)21-7-9-1-2-9/h3-6,9,17H,1-2,7-8H2. The van der Waals surface area contributed by atoms with E-state index in [1.54, 1.807) is 0 Å². The van der Waals surface area contributed by atoms with Gasteiger partial charge >= 0.3 is 5.97 Å². The fourth-order valence-corrected chi connectivity index (χ4v) is 1.93. The molecular formula is C15H14FNO4. The summed E-state index contributed by atoms with van der Waals surface area (Å²) >= 11 is 0. The van der Waals surface area contributed by atoms with Crippen molar-refractivity contribution in [3.05, 3.63) is 41.5 Å². The molecule has 5 nitrogen and oxygen atoms in total.